The second kappa shape index (κ2) is 33.0. The van der Waals surface area contributed by atoms with Gasteiger partial charge in [0.2, 0.25) is 11.1 Å². The van der Waals surface area contributed by atoms with Crippen LogP contribution in [0.2, 0.25) is 0 Å². The molecule has 0 aliphatic carbocycles. The average molecular weight is 1810 g/mol. The van der Waals surface area contributed by atoms with Crippen LogP contribution in [0.15, 0.2) is 92.7 Å². The predicted molar refractivity (Wildman–Crippen MR) is 247 cm³/mol. The zero-order chi connectivity index (χ0) is 72.6. The quantitative estimate of drug-likeness (QED) is 0.0871. The van der Waals surface area contributed by atoms with Gasteiger partial charge in [0, 0.05) is 150 Å². The van der Waals surface area contributed by atoms with Crippen LogP contribution in [-0.4, -0.2) is 125 Å². The fraction of sp³-hybridized carbons (Fsp3) is 0.435. The first-order valence-corrected chi connectivity index (χ1v) is 23.8. The second-order valence-electron chi connectivity index (χ2n) is 18.8. The molecule has 0 radical (unpaired) electrons. The molecular formula is C46H34Br2Dy2F24N4O14-4. The van der Waals surface area contributed by atoms with Crippen LogP contribution in [-0.2, 0) is 19.2 Å². The zero-order valence-electron chi connectivity index (χ0n) is 45.7. The number of hydroxylamine groups is 2. The van der Waals surface area contributed by atoms with Crippen molar-refractivity contribution in [2.75, 3.05) is 0 Å². The van der Waals surface area contributed by atoms with Crippen LogP contribution in [0.5, 0.6) is 11.5 Å². The van der Waals surface area contributed by atoms with Crippen LogP contribution in [0.3, 0.4) is 0 Å². The molecule has 528 valence electrons. The van der Waals surface area contributed by atoms with Gasteiger partial charge >= 0.3 is 61.1 Å². The number of ketones is 4. The number of nitrogens with zero attached hydrogens (tertiary/aromatic N) is 4. The normalized spacial score (nSPS) is 16.8. The summed E-state index contributed by atoms with van der Waals surface area (Å²) in [5.74, 6) is -23.5. The van der Waals surface area contributed by atoms with E-state index in [-0.39, 0.29) is 111 Å². The first kappa shape index (κ1) is 93.2. The molecule has 0 fully saturated rings. The third-order valence-corrected chi connectivity index (χ3v) is 12.4. The van der Waals surface area contributed by atoms with Crippen molar-refractivity contribution >= 4 is 66.7 Å². The maximum Gasteiger partial charge on any atom is 0.504 e. The Morgan fingerprint density at radius 1 is 0.370 bits per heavy atom. The number of rotatable bonds is 6. The Hall–Kier alpha value is -5.15. The van der Waals surface area contributed by atoms with E-state index >= 15 is 0 Å². The maximum atomic E-state index is 12.4. The minimum Gasteiger partial charge on any atom is -0.872 e. The van der Waals surface area contributed by atoms with Gasteiger partial charge in [0.05, 0.1) is 0 Å². The fourth-order valence-electron chi connectivity index (χ4n) is 5.14. The van der Waals surface area contributed by atoms with Gasteiger partial charge in [-0.25, -0.2) is 0 Å². The number of carbonyl (C=O) groups is 4. The Bertz CT molecular complexity index is 2930. The standard InChI is InChI=1S/2C13H15BrN2O3.4C5H2F6O2.2Dy/c2*1-12(2)13(3,4)16(19)11(15(12)18)9-7-8(14)5-6-10(9)17;4*6-4(7,8)2(12)1-3(13)5(9,10)11;;/h2*5-7H,1-4H3;4*1,12H;;/p-4/b;;4*2-1-;;. The second-order valence-corrected chi connectivity index (χ2v) is 20.6. The number of amidine groups is 2. The zero-order valence-corrected chi connectivity index (χ0v) is 53.0. The number of allylic oxidation sites excluding steroid dienone is 8. The summed E-state index contributed by atoms with van der Waals surface area (Å²) in [4.78, 5) is 64.1. The summed E-state index contributed by atoms with van der Waals surface area (Å²) in [6.07, 6.45) is -47.8. The van der Waals surface area contributed by atoms with Gasteiger partial charge in [0.15, 0.2) is 0 Å². The summed E-state index contributed by atoms with van der Waals surface area (Å²) in [5, 5.41) is 87.9. The van der Waals surface area contributed by atoms with E-state index in [1.54, 1.807) is 67.5 Å². The smallest absolute Gasteiger partial charge is 0.504 e. The molecule has 46 heteroatoms. The molecule has 0 saturated heterocycles. The number of carbonyl (C=O) groups excluding carboxylic acids is 4. The molecular weight excluding hydrogens is 1770 g/mol. The van der Waals surface area contributed by atoms with Gasteiger partial charge < -0.3 is 41.1 Å². The average Bonchev–Trinajstić information content (AvgIpc) is 1.58. The molecule has 2 aromatic rings. The van der Waals surface area contributed by atoms with Gasteiger partial charge in [-0.1, -0.05) is 55.5 Å². The van der Waals surface area contributed by atoms with Gasteiger partial charge in [0.1, 0.15) is 20.6 Å². The number of benzene rings is 2. The van der Waals surface area contributed by atoms with Crippen molar-refractivity contribution in [3.8, 4) is 11.5 Å². The molecule has 4 rings (SSSR count). The Balaban J connectivity index is -0.000000508. The molecule has 0 aromatic heterocycles. The van der Waals surface area contributed by atoms with Crippen LogP contribution in [0.25, 0.3) is 0 Å². The van der Waals surface area contributed by atoms with Crippen molar-refractivity contribution < 1.29 is 251 Å². The minimum absolute atomic E-state index is 0. The summed E-state index contributed by atoms with van der Waals surface area (Å²) in [6.45, 7) is 13.6. The van der Waals surface area contributed by atoms with Crippen molar-refractivity contribution in [3.63, 3.8) is 0 Å². The summed E-state index contributed by atoms with van der Waals surface area (Å²) in [5.41, 5.74) is -3.42. The monoisotopic (exact) mass is 1810 g/mol. The third kappa shape index (κ3) is 26.2. The molecule has 0 bridgehead atoms. The number of nitroso groups, excluding NO2 is 2. The van der Waals surface area contributed by atoms with E-state index in [1.807, 2.05) is 0 Å². The molecule has 2 heterocycles. The molecule has 0 spiro atoms. The Kier molecular flexibility index (Phi) is 33.4. The van der Waals surface area contributed by atoms with Gasteiger partial charge in [-0.05, 0) is 71.6 Å². The molecule has 18 nitrogen and oxygen atoms in total. The van der Waals surface area contributed by atoms with Gasteiger partial charge in [-0.3, -0.25) is 19.2 Å². The van der Waals surface area contributed by atoms with E-state index in [0.717, 1.165) is 0 Å². The summed E-state index contributed by atoms with van der Waals surface area (Å²) in [7, 11) is 0. The Labute approximate surface area is 575 Å². The van der Waals surface area contributed by atoms with Crippen LogP contribution < -0.4 is 30.6 Å². The van der Waals surface area contributed by atoms with Crippen molar-refractivity contribution in [2.24, 2.45) is 0 Å². The summed E-state index contributed by atoms with van der Waals surface area (Å²) in [6, 6.07) is 8.86. The van der Waals surface area contributed by atoms with Gasteiger partial charge in [-0.2, -0.15) is 105 Å². The SMILES string of the molecule is CC1(C)[N+](=O)C(c2cc(Br)ccc2[O-])=[N+]([O-])C1(C)C.CC1(C)[N+](=O)C(c2cc(Br)ccc2[O-])=[N+]([O-])C1(C)C.O=C(/C=C(\[O-])C(F)(F)F)C(F)(F)F.O=C(/C=C(\[O-])C(F)(F)F)C(F)(F)F.O=C(/C=C(\[O-])C(F)(F)F)C(F)(F)F.O=C(/C=C(\[O-])C(F)(F)F)C(F)(F)F.[Dy].[Dy]. The van der Waals surface area contributed by atoms with Crippen molar-refractivity contribution in [1.29, 1.82) is 0 Å². The first-order valence-electron chi connectivity index (χ1n) is 22.3. The molecule has 0 N–H and O–H groups in total. The van der Waals surface area contributed by atoms with Crippen LogP contribution in [0.4, 0.5) is 105 Å². The third-order valence-electron chi connectivity index (χ3n) is 11.4. The van der Waals surface area contributed by atoms with Crippen LogP contribution in [0, 0.1) is 96.6 Å². The van der Waals surface area contributed by atoms with Gasteiger partial charge in [0.25, 0.3) is 34.2 Å². The molecule has 0 atom stereocenters. The van der Waals surface area contributed by atoms with E-state index in [2.05, 4.69) is 31.9 Å². The van der Waals surface area contributed by atoms with E-state index in [0.29, 0.717) is 27.9 Å². The Morgan fingerprint density at radius 2 is 0.543 bits per heavy atom. The van der Waals surface area contributed by atoms with Crippen LogP contribution in [0.1, 0.15) is 66.5 Å². The number of alkyl halides is 24. The molecule has 2 aliphatic heterocycles. The van der Waals surface area contributed by atoms with E-state index in [1.165, 1.54) is 24.3 Å². The maximum absolute atomic E-state index is 12.4. The molecule has 2 aliphatic rings. The summed E-state index contributed by atoms with van der Waals surface area (Å²) < 4.78 is 275. The van der Waals surface area contributed by atoms with E-state index in [9.17, 15) is 175 Å². The van der Waals surface area contributed by atoms with Crippen LogP contribution >= 0.6 is 31.9 Å². The number of hydrogen-bond donors (Lipinski definition) is 0. The fourth-order valence-corrected chi connectivity index (χ4v) is 5.86. The molecule has 2 aromatic carbocycles. The van der Waals surface area contributed by atoms with E-state index in [4.69, 9.17) is 0 Å². The summed E-state index contributed by atoms with van der Waals surface area (Å²) >= 11 is 6.49. The van der Waals surface area contributed by atoms with E-state index < -0.39 is 142 Å². The first-order chi connectivity index (χ1) is 39.4. The predicted octanol–water partition coefficient (Wildman–Crippen LogP) is 7.96. The molecule has 0 saturated carbocycles. The number of hydrogen-bond acceptors (Lipinski definition) is 14. The largest absolute Gasteiger partial charge is 0.872 e. The molecule has 0 amide bonds. The minimum atomic E-state index is -5.46. The van der Waals surface area contributed by atoms with Gasteiger partial charge in [-0.15, -0.1) is 9.48 Å². The molecule has 0 unspecified atom stereocenters. The Morgan fingerprint density at radius 3 is 0.674 bits per heavy atom. The topological polar surface area (TPSA) is 299 Å². The van der Waals surface area contributed by atoms with Crippen molar-refractivity contribution in [1.82, 2.24) is 0 Å². The van der Waals surface area contributed by atoms with Crippen molar-refractivity contribution in [3.05, 3.63) is 124 Å². The van der Waals surface area contributed by atoms with Crippen molar-refractivity contribution in [2.45, 2.75) is 127 Å². The molecule has 92 heavy (non-hydrogen) atoms. The number of halogens is 26.